The molecule has 1 aliphatic heterocycles. The van der Waals surface area contributed by atoms with Gasteiger partial charge in [0.1, 0.15) is 5.60 Å². The van der Waals surface area contributed by atoms with Crippen molar-refractivity contribution in [2.24, 2.45) is 0 Å². The molecule has 1 aliphatic rings. The number of pyridine rings is 1. The quantitative estimate of drug-likeness (QED) is 0.477. The van der Waals surface area contributed by atoms with Crippen LogP contribution in [0.5, 0.6) is 0 Å². The predicted molar refractivity (Wildman–Crippen MR) is 108 cm³/mol. The molecular formula is C23H24F4N2O3. The molecule has 5 nitrogen and oxygen atoms in total. The van der Waals surface area contributed by atoms with E-state index in [4.69, 9.17) is 4.74 Å². The summed E-state index contributed by atoms with van der Waals surface area (Å²) >= 11 is 0. The van der Waals surface area contributed by atoms with E-state index in [0.29, 0.717) is 6.42 Å². The smallest absolute Gasteiger partial charge is 0.410 e. The number of benzene rings is 1. The number of halogens is 4. The van der Waals surface area contributed by atoms with Crippen molar-refractivity contribution in [2.45, 2.75) is 57.6 Å². The second-order valence-corrected chi connectivity index (χ2v) is 8.79. The summed E-state index contributed by atoms with van der Waals surface area (Å²) in [4.78, 5) is 30.8. The number of amides is 1. The summed E-state index contributed by atoms with van der Waals surface area (Å²) in [6.45, 7) is 4.60. The fourth-order valence-electron chi connectivity index (χ4n) is 3.80. The molecule has 2 heterocycles. The first-order chi connectivity index (χ1) is 15.0. The number of carbonyl (C=O) groups is 2. The predicted octanol–water partition coefficient (Wildman–Crippen LogP) is 4.93. The third-order valence-corrected chi connectivity index (χ3v) is 5.24. The van der Waals surface area contributed by atoms with Gasteiger partial charge in [0.2, 0.25) is 0 Å². The summed E-state index contributed by atoms with van der Waals surface area (Å²) in [5.41, 5.74) is -0.873. The number of carbonyl (C=O) groups excluding carboxylic acids is 2. The van der Waals surface area contributed by atoms with E-state index in [1.807, 2.05) is 0 Å². The Morgan fingerprint density at radius 2 is 1.81 bits per heavy atom. The largest absolute Gasteiger partial charge is 0.444 e. The lowest BCUT2D eigenvalue weighted by molar-refractivity contribution is -0.123. The third-order valence-electron chi connectivity index (χ3n) is 5.24. The zero-order valence-electron chi connectivity index (χ0n) is 18.0. The van der Waals surface area contributed by atoms with Gasteiger partial charge in [0, 0.05) is 42.9 Å². The van der Waals surface area contributed by atoms with Crippen LogP contribution in [0.4, 0.5) is 22.4 Å². The number of Topliss-reactive ketones (excluding diaryl/α,β-unsaturated/α-hetero) is 1. The van der Waals surface area contributed by atoms with E-state index in [1.54, 1.807) is 45.3 Å². The Morgan fingerprint density at radius 3 is 2.38 bits per heavy atom. The number of aromatic nitrogens is 1. The summed E-state index contributed by atoms with van der Waals surface area (Å²) in [5, 5.41) is 0. The van der Waals surface area contributed by atoms with Gasteiger partial charge in [-0.2, -0.15) is 0 Å². The molecule has 1 aromatic carbocycles. The number of nitrogens with zero attached hydrogens (tertiary/aromatic N) is 2. The van der Waals surface area contributed by atoms with Crippen molar-refractivity contribution in [2.75, 3.05) is 6.54 Å². The summed E-state index contributed by atoms with van der Waals surface area (Å²) in [7, 11) is 0. The van der Waals surface area contributed by atoms with E-state index in [0.717, 1.165) is 10.5 Å². The van der Waals surface area contributed by atoms with E-state index >= 15 is 0 Å². The monoisotopic (exact) mass is 452 g/mol. The molecule has 1 unspecified atom stereocenters. The molecule has 1 aromatic heterocycles. The van der Waals surface area contributed by atoms with Crippen LogP contribution in [0.3, 0.4) is 0 Å². The second-order valence-electron chi connectivity index (χ2n) is 8.79. The van der Waals surface area contributed by atoms with Gasteiger partial charge in [0.15, 0.2) is 29.1 Å². The van der Waals surface area contributed by atoms with Gasteiger partial charge in [-0.15, -0.1) is 0 Å². The van der Waals surface area contributed by atoms with E-state index in [2.05, 4.69) is 4.98 Å². The van der Waals surface area contributed by atoms with Crippen LogP contribution in [0.25, 0.3) is 0 Å². The number of likely N-dealkylation sites (tertiary alicyclic amines) is 1. The minimum Gasteiger partial charge on any atom is -0.444 e. The van der Waals surface area contributed by atoms with Crippen molar-refractivity contribution >= 4 is 11.9 Å². The molecule has 172 valence electrons. The van der Waals surface area contributed by atoms with Crippen molar-refractivity contribution < 1.29 is 31.9 Å². The molecule has 0 aliphatic carbocycles. The highest BCUT2D eigenvalue weighted by Gasteiger charge is 2.43. The van der Waals surface area contributed by atoms with Crippen molar-refractivity contribution in [1.29, 1.82) is 0 Å². The lowest BCUT2D eigenvalue weighted by atomic mass is 9.92. The maximum atomic E-state index is 14.4. The first kappa shape index (κ1) is 23.7. The molecule has 2 aromatic rings. The molecule has 0 bridgehead atoms. The Kier molecular flexibility index (Phi) is 6.85. The molecule has 0 N–H and O–H groups in total. The van der Waals surface area contributed by atoms with Crippen LogP contribution in [-0.2, 0) is 16.0 Å². The normalized spacial score (nSPS) is 18.7. The van der Waals surface area contributed by atoms with Gasteiger partial charge >= 0.3 is 6.09 Å². The fraction of sp³-hybridized carbons (Fsp3) is 0.435. The molecule has 3 rings (SSSR count). The lowest BCUT2D eigenvalue weighted by Crippen LogP contribution is -2.43. The fourth-order valence-corrected chi connectivity index (χ4v) is 3.80. The molecule has 1 amide bonds. The van der Waals surface area contributed by atoms with Crippen LogP contribution < -0.4 is 0 Å². The standard InChI is InChI=1S/C23H24F4N2O3/c1-23(2,3)32-22(31)29-12-14(19-20(26)15(24)10-16(25)21(19)27)9-17(29)18(30)7-6-13-5-4-8-28-11-13/h4-5,8,10-11,14,17H,6-7,9,12H2,1-3H3/t14-,17?/m0/s1. The SMILES string of the molecule is CC(C)(C)OC(=O)N1C[C@@H](c2c(F)c(F)cc(F)c2F)CC1C(=O)CCc1cccnc1. The average Bonchev–Trinajstić information content (AvgIpc) is 3.16. The molecular weight excluding hydrogens is 428 g/mol. The number of hydrogen-bond donors (Lipinski definition) is 0. The Balaban J connectivity index is 1.88. The van der Waals surface area contributed by atoms with Crippen molar-refractivity contribution in [1.82, 2.24) is 9.88 Å². The zero-order chi connectivity index (χ0) is 23.6. The molecule has 0 spiro atoms. The van der Waals surface area contributed by atoms with Crippen LogP contribution in [0, 0.1) is 23.3 Å². The van der Waals surface area contributed by atoms with Crippen molar-refractivity contribution in [3.8, 4) is 0 Å². The number of hydrogen-bond acceptors (Lipinski definition) is 4. The van der Waals surface area contributed by atoms with Gasteiger partial charge in [-0.3, -0.25) is 14.7 Å². The van der Waals surface area contributed by atoms with Crippen LogP contribution in [0.15, 0.2) is 30.6 Å². The van der Waals surface area contributed by atoms with Crippen LogP contribution >= 0.6 is 0 Å². The molecule has 1 saturated heterocycles. The molecule has 0 saturated carbocycles. The van der Waals surface area contributed by atoms with Crippen molar-refractivity contribution in [3.63, 3.8) is 0 Å². The lowest BCUT2D eigenvalue weighted by Gasteiger charge is -2.28. The van der Waals surface area contributed by atoms with Crippen LogP contribution in [-0.4, -0.2) is 39.9 Å². The Labute approximate surface area is 183 Å². The summed E-state index contributed by atoms with van der Waals surface area (Å²) in [6.07, 6.45) is 2.59. The van der Waals surface area contributed by atoms with Crippen LogP contribution in [0.1, 0.15) is 50.7 Å². The number of rotatable bonds is 5. The third kappa shape index (κ3) is 5.26. The van der Waals surface area contributed by atoms with Gasteiger partial charge in [0.25, 0.3) is 0 Å². The second kappa shape index (κ2) is 9.26. The van der Waals surface area contributed by atoms with Crippen LogP contribution in [0.2, 0.25) is 0 Å². The maximum absolute atomic E-state index is 14.4. The average molecular weight is 452 g/mol. The van der Waals surface area contributed by atoms with Gasteiger partial charge in [-0.1, -0.05) is 6.07 Å². The summed E-state index contributed by atoms with van der Waals surface area (Å²) in [6, 6.07) is 2.61. The maximum Gasteiger partial charge on any atom is 0.410 e. The van der Waals surface area contributed by atoms with E-state index in [1.165, 1.54) is 0 Å². The molecule has 0 radical (unpaired) electrons. The molecule has 1 fully saturated rings. The Hall–Kier alpha value is -2.97. The van der Waals surface area contributed by atoms with Gasteiger partial charge in [-0.25, -0.2) is 22.4 Å². The molecule has 32 heavy (non-hydrogen) atoms. The summed E-state index contributed by atoms with van der Waals surface area (Å²) < 4.78 is 61.6. The number of ketones is 1. The van der Waals surface area contributed by atoms with E-state index in [-0.39, 0.29) is 31.2 Å². The van der Waals surface area contributed by atoms with Gasteiger partial charge in [0.05, 0.1) is 6.04 Å². The Morgan fingerprint density at radius 1 is 1.16 bits per heavy atom. The highest BCUT2D eigenvalue weighted by Crippen LogP contribution is 2.37. The molecule has 2 atom stereocenters. The molecule has 9 heteroatoms. The van der Waals surface area contributed by atoms with E-state index < -0.39 is 52.5 Å². The summed E-state index contributed by atoms with van der Waals surface area (Å²) in [5.74, 6) is -7.58. The number of ether oxygens (including phenoxy) is 1. The zero-order valence-corrected chi connectivity index (χ0v) is 18.0. The van der Waals surface area contributed by atoms with Crippen molar-refractivity contribution in [3.05, 3.63) is 65.0 Å². The highest BCUT2D eigenvalue weighted by molar-refractivity contribution is 5.88. The highest BCUT2D eigenvalue weighted by atomic mass is 19.2. The topological polar surface area (TPSA) is 59.5 Å². The minimum atomic E-state index is -1.53. The van der Waals surface area contributed by atoms with Gasteiger partial charge < -0.3 is 4.74 Å². The van der Waals surface area contributed by atoms with E-state index in [9.17, 15) is 27.2 Å². The minimum absolute atomic E-state index is 0.0465. The Bertz CT molecular complexity index is 982. The first-order valence-corrected chi connectivity index (χ1v) is 10.2. The number of aryl methyl sites for hydroxylation is 1. The first-order valence-electron chi connectivity index (χ1n) is 10.2. The van der Waals surface area contributed by atoms with Gasteiger partial charge in [-0.05, 0) is 45.2 Å².